The van der Waals surface area contributed by atoms with E-state index in [1.165, 1.54) is 37.7 Å². The number of para-hydroxylation sites is 1. The topological polar surface area (TPSA) is 54.8 Å². The normalized spacial score (nSPS) is 15.0. The fourth-order valence-electron chi connectivity index (χ4n) is 3.79. The van der Waals surface area contributed by atoms with E-state index in [2.05, 4.69) is 34.8 Å². The molecule has 1 saturated carbocycles. The zero-order chi connectivity index (χ0) is 18.8. The first-order chi connectivity index (χ1) is 13.1. The molecular weight excluding hydrogens is 354 g/mol. The Morgan fingerprint density at radius 2 is 1.89 bits per heavy atom. The molecule has 2 heterocycles. The van der Waals surface area contributed by atoms with Gasteiger partial charge in [-0.15, -0.1) is 0 Å². The van der Waals surface area contributed by atoms with Crippen molar-refractivity contribution in [2.24, 2.45) is 0 Å². The number of pyridine rings is 1. The molecule has 1 aromatic carbocycles. The largest absolute Gasteiger partial charge is 0.360 e. The van der Waals surface area contributed by atoms with Crippen LogP contribution >= 0.6 is 12.2 Å². The quantitative estimate of drug-likeness (QED) is 0.649. The molecule has 0 amide bonds. The highest BCUT2D eigenvalue weighted by Crippen LogP contribution is 2.23. The Balaban J connectivity index is 1.60. The van der Waals surface area contributed by atoms with Gasteiger partial charge in [0.1, 0.15) is 5.82 Å². The first kappa shape index (κ1) is 17.9. The van der Waals surface area contributed by atoms with Gasteiger partial charge in [-0.3, -0.25) is 0 Å². The third-order valence-electron chi connectivity index (χ3n) is 5.14. The van der Waals surface area contributed by atoms with Gasteiger partial charge in [0.05, 0.1) is 11.2 Å². The summed E-state index contributed by atoms with van der Waals surface area (Å²) in [7, 11) is 0. The highest BCUT2D eigenvalue weighted by molar-refractivity contribution is 7.80. The summed E-state index contributed by atoms with van der Waals surface area (Å²) in [6.07, 6.45) is 6.25. The molecule has 0 bridgehead atoms. The molecular formula is C21H25N5S. The molecule has 1 aliphatic rings. The van der Waals surface area contributed by atoms with Gasteiger partial charge in [0.15, 0.2) is 10.9 Å². The predicted molar refractivity (Wildman–Crippen MR) is 115 cm³/mol. The van der Waals surface area contributed by atoms with E-state index in [0.29, 0.717) is 11.2 Å². The van der Waals surface area contributed by atoms with Crippen molar-refractivity contribution in [3.8, 4) is 5.82 Å². The van der Waals surface area contributed by atoms with E-state index in [-0.39, 0.29) is 0 Å². The molecule has 0 aliphatic heterocycles. The number of rotatable bonds is 3. The molecule has 2 N–H and O–H groups in total. The SMILES string of the molecule is Cc1cc(NC(=S)NC2CCCCC2)n(-c2cc(C)c3ccccc3n2)n1. The van der Waals surface area contributed by atoms with E-state index in [0.717, 1.165) is 28.2 Å². The van der Waals surface area contributed by atoms with Crippen LogP contribution in [0.15, 0.2) is 36.4 Å². The van der Waals surface area contributed by atoms with Crippen molar-refractivity contribution in [1.82, 2.24) is 20.1 Å². The third-order valence-corrected chi connectivity index (χ3v) is 5.36. The van der Waals surface area contributed by atoms with Crippen LogP contribution in [0.5, 0.6) is 0 Å². The summed E-state index contributed by atoms with van der Waals surface area (Å²) in [6, 6.07) is 12.7. The third kappa shape index (κ3) is 3.95. The Labute approximate surface area is 165 Å². The Hall–Kier alpha value is -2.47. The van der Waals surface area contributed by atoms with E-state index in [1.54, 1.807) is 0 Å². The number of fused-ring (bicyclic) bond motifs is 1. The lowest BCUT2D eigenvalue weighted by molar-refractivity contribution is 0.414. The molecule has 4 rings (SSSR count). The molecule has 0 atom stereocenters. The number of anilines is 1. The standard InChI is InChI=1S/C21H25N5S/c1-14-12-19(23-18-11-7-6-10-17(14)18)26-20(13-15(2)25-26)24-21(27)22-16-8-4-3-5-9-16/h6-7,10-13,16H,3-5,8-9H2,1-2H3,(H2,22,24,27). The fourth-order valence-corrected chi connectivity index (χ4v) is 4.06. The van der Waals surface area contributed by atoms with Gasteiger partial charge in [-0.05, 0) is 56.6 Å². The second-order valence-electron chi connectivity index (χ2n) is 7.33. The van der Waals surface area contributed by atoms with Crippen LogP contribution in [0.2, 0.25) is 0 Å². The molecule has 0 spiro atoms. The molecule has 1 fully saturated rings. The summed E-state index contributed by atoms with van der Waals surface area (Å²) in [5.41, 5.74) is 3.07. The Morgan fingerprint density at radius 3 is 2.70 bits per heavy atom. The smallest absolute Gasteiger partial charge is 0.172 e. The summed E-state index contributed by atoms with van der Waals surface area (Å²) in [5, 5.41) is 13.2. The van der Waals surface area contributed by atoms with Gasteiger partial charge in [0.2, 0.25) is 0 Å². The van der Waals surface area contributed by atoms with Crippen molar-refractivity contribution in [2.45, 2.75) is 52.0 Å². The maximum atomic E-state index is 5.55. The first-order valence-electron chi connectivity index (χ1n) is 9.61. The molecule has 5 nitrogen and oxygen atoms in total. The maximum absolute atomic E-state index is 5.55. The number of aryl methyl sites for hydroxylation is 2. The zero-order valence-corrected chi connectivity index (χ0v) is 16.6. The minimum atomic E-state index is 0.470. The fraction of sp³-hybridized carbons (Fsp3) is 0.381. The monoisotopic (exact) mass is 379 g/mol. The number of nitrogens with one attached hydrogen (secondary N) is 2. The minimum Gasteiger partial charge on any atom is -0.360 e. The molecule has 0 radical (unpaired) electrons. The lowest BCUT2D eigenvalue weighted by Gasteiger charge is -2.24. The summed E-state index contributed by atoms with van der Waals surface area (Å²) < 4.78 is 1.84. The molecule has 140 valence electrons. The van der Waals surface area contributed by atoms with Crippen molar-refractivity contribution >= 4 is 34.1 Å². The van der Waals surface area contributed by atoms with Crippen molar-refractivity contribution < 1.29 is 0 Å². The molecule has 0 unspecified atom stereocenters. The van der Waals surface area contributed by atoms with Crippen LogP contribution in [0.1, 0.15) is 43.4 Å². The molecule has 2 aromatic heterocycles. The van der Waals surface area contributed by atoms with Crippen LogP contribution in [0.25, 0.3) is 16.7 Å². The Bertz CT molecular complexity index is 972. The lowest BCUT2D eigenvalue weighted by Crippen LogP contribution is -2.39. The summed E-state index contributed by atoms with van der Waals surface area (Å²) >= 11 is 5.55. The highest BCUT2D eigenvalue weighted by Gasteiger charge is 2.16. The number of thiocarbonyl (C=S) groups is 1. The average Bonchev–Trinajstić information content (AvgIpc) is 3.02. The van der Waals surface area contributed by atoms with Crippen LogP contribution in [0, 0.1) is 13.8 Å². The Morgan fingerprint density at radius 1 is 1.11 bits per heavy atom. The predicted octanol–water partition coefficient (Wildman–Crippen LogP) is 4.66. The van der Waals surface area contributed by atoms with Gasteiger partial charge >= 0.3 is 0 Å². The number of aromatic nitrogens is 3. The number of benzene rings is 1. The van der Waals surface area contributed by atoms with Crippen LogP contribution < -0.4 is 10.6 Å². The van der Waals surface area contributed by atoms with Gasteiger partial charge in [-0.1, -0.05) is 37.5 Å². The van der Waals surface area contributed by atoms with Gasteiger partial charge in [0, 0.05) is 17.5 Å². The summed E-state index contributed by atoms with van der Waals surface area (Å²) in [4.78, 5) is 4.80. The second-order valence-corrected chi connectivity index (χ2v) is 7.74. The molecule has 27 heavy (non-hydrogen) atoms. The number of hydrogen-bond acceptors (Lipinski definition) is 3. The number of nitrogens with zero attached hydrogens (tertiary/aromatic N) is 3. The van der Waals surface area contributed by atoms with E-state index in [1.807, 2.05) is 35.9 Å². The van der Waals surface area contributed by atoms with Crippen molar-refractivity contribution in [3.05, 3.63) is 47.7 Å². The first-order valence-corrected chi connectivity index (χ1v) is 10.0. The van der Waals surface area contributed by atoms with Gasteiger partial charge in [-0.25, -0.2) is 4.98 Å². The van der Waals surface area contributed by atoms with Gasteiger partial charge in [0.25, 0.3) is 0 Å². The summed E-state index contributed by atoms with van der Waals surface area (Å²) in [6.45, 7) is 4.08. The molecule has 6 heteroatoms. The molecule has 3 aromatic rings. The van der Waals surface area contributed by atoms with E-state index < -0.39 is 0 Å². The van der Waals surface area contributed by atoms with Crippen molar-refractivity contribution in [2.75, 3.05) is 5.32 Å². The van der Waals surface area contributed by atoms with Crippen molar-refractivity contribution in [1.29, 1.82) is 0 Å². The lowest BCUT2D eigenvalue weighted by atomic mass is 9.96. The van der Waals surface area contributed by atoms with Gasteiger partial charge < -0.3 is 10.6 Å². The Kier molecular flexibility index (Phi) is 5.07. The van der Waals surface area contributed by atoms with E-state index in [9.17, 15) is 0 Å². The molecule has 1 aliphatic carbocycles. The van der Waals surface area contributed by atoms with E-state index in [4.69, 9.17) is 17.2 Å². The second kappa shape index (κ2) is 7.64. The van der Waals surface area contributed by atoms with Crippen LogP contribution in [-0.2, 0) is 0 Å². The zero-order valence-electron chi connectivity index (χ0n) is 15.8. The van der Waals surface area contributed by atoms with Crippen LogP contribution in [-0.4, -0.2) is 25.9 Å². The number of hydrogen-bond donors (Lipinski definition) is 2. The summed E-state index contributed by atoms with van der Waals surface area (Å²) in [5.74, 6) is 1.63. The van der Waals surface area contributed by atoms with E-state index >= 15 is 0 Å². The highest BCUT2D eigenvalue weighted by atomic mass is 32.1. The molecule has 0 saturated heterocycles. The van der Waals surface area contributed by atoms with Gasteiger partial charge in [-0.2, -0.15) is 9.78 Å². The maximum Gasteiger partial charge on any atom is 0.172 e. The van der Waals surface area contributed by atoms with Crippen LogP contribution in [0.4, 0.5) is 5.82 Å². The minimum absolute atomic E-state index is 0.470. The average molecular weight is 380 g/mol. The van der Waals surface area contributed by atoms with Crippen molar-refractivity contribution in [3.63, 3.8) is 0 Å². The van der Waals surface area contributed by atoms with Crippen LogP contribution in [0.3, 0.4) is 0 Å².